The minimum atomic E-state index is -0.479. The molecule has 0 aromatic carbocycles. The average molecular weight is 268 g/mol. The van der Waals surface area contributed by atoms with Gasteiger partial charge in [-0.15, -0.1) is 5.10 Å². The standard InChI is InChI=1S/C12H20N4O3/c1-5-9-11(12(18)19-4)13-14-16(9)8-6-7-10(17)15(2)3/h5-8H2,1-4H3. The number of carbonyl (C=O) groups excluding carboxylic acids is 2. The summed E-state index contributed by atoms with van der Waals surface area (Å²) in [6, 6.07) is 0. The Kier molecular flexibility index (Phi) is 5.47. The molecule has 0 spiro atoms. The van der Waals surface area contributed by atoms with E-state index >= 15 is 0 Å². The monoisotopic (exact) mass is 268 g/mol. The zero-order valence-electron chi connectivity index (χ0n) is 11.8. The lowest BCUT2D eigenvalue weighted by Gasteiger charge is -2.10. The molecule has 7 heteroatoms. The van der Waals surface area contributed by atoms with Gasteiger partial charge >= 0.3 is 5.97 Å². The Morgan fingerprint density at radius 1 is 1.37 bits per heavy atom. The maximum absolute atomic E-state index is 11.5. The first-order chi connectivity index (χ1) is 9.01. The second-order valence-corrected chi connectivity index (χ2v) is 4.34. The third-order valence-corrected chi connectivity index (χ3v) is 2.81. The Balaban J connectivity index is 2.67. The highest BCUT2D eigenvalue weighted by atomic mass is 16.5. The molecule has 1 amide bonds. The van der Waals surface area contributed by atoms with Crippen LogP contribution in [0.2, 0.25) is 0 Å². The molecular weight excluding hydrogens is 248 g/mol. The Morgan fingerprint density at radius 2 is 2.05 bits per heavy atom. The summed E-state index contributed by atoms with van der Waals surface area (Å²) in [5.74, 6) is -0.404. The highest BCUT2D eigenvalue weighted by molar-refractivity contribution is 5.88. The minimum absolute atomic E-state index is 0.0753. The topological polar surface area (TPSA) is 77.3 Å². The molecule has 0 unspecified atom stereocenters. The van der Waals surface area contributed by atoms with Crippen molar-refractivity contribution in [3.63, 3.8) is 0 Å². The summed E-state index contributed by atoms with van der Waals surface area (Å²) >= 11 is 0. The fourth-order valence-electron chi connectivity index (χ4n) is 1.72. The lowest BCUT2D eigenvalue weighted by atomic mass is 10.2. The number of nitrogens with zero attached hydrogens (tertiary/aromatic N) is 4. The van der Waals surface area contributed by atoms with Crippen LogP contribution in [0.25, 0.3) is 0 Å². The van der Waals surface area contributed by atoms with Crippen LogP contribution in [0.3, 0.4) is 0 Å². The second-order valence-electron chi connectivity index (χ2n) is 4.34. The van der Waals surface area contributed by atoms with Crippen molar-refractivity contribution >= 4 is 11.9 Å². The van der Waals surface area contributed by atoms with Crippen LogP contribution in [-0.2, 0) is 22.5 Å². The van der Waals surface area contributed by atoms with E-state index in [0.717, 1.165) is 5.69 Å². The molecule has 1 aromatic rings. The Labute approximate surface area is 112 Å². The van der Waals surface area contributed by atoms with Gasteiger partial charge in [0.25, 0.3) is 0 Å². The number of hydrogen-bond acceptors (Lipinski definition) is 5. The van der Waals surface area contributed by atoms with Crippen molar-refractivity contribution < 1.29 is 14.3 Å². The van der Waals surface area contributed by atoms with E-state index in [4.69, 9.17) is 0 Å². The van der Waals surface area contributed by atoms with E-state index in [2.05, 4.69) is 15.0 Å². The third kappa shape index (κ3) is 3.77. The van der Waals surface area contributed by atoms with Crippen molar-refractivity contribution in [2.45, 2.75) is 32.7 Å². The number of amides is 1. The molecule has 19 heavy (non-hydrogen) atoms. The smallest absolute Gasteiger partial charge is 0.360 e. The van der Waals surface area contributed by atoms with Gasteiger partial charge in [0, 0.05) is 27.1 Å². The number of aromatic nitrogens is 3. The molecule has 1 aromatic heterocycles. The average Bonchev–Trinajstić information content (AvgIpc) is 2.80. The Bertz CT molecular complexity index is 454. The van der Waals surface area contributed by atoms with Crippen molar-refractivity contribution in [2.24, 2.45) is 0 Å². The first kappa shape index (κ1) is 15.1. The summed E-state index contributed by atoms with van der Waals surface area (Å²) in [6.07, 6.45) is 1.75. The molecule has 106 valence electrons. The molecular formula is C12H20N4O3. The summed E-state index contributed by atoms with van der Waals surface area (Å²) in [5, 5.41) is 7.77. The summed E-state index contributed by atoms with van der Waals surface area (Å²) in [4.78, 5) is 24.5. The van der Waals surface area contributed by atoms with Crippen LogP contribution in [0, 0.1) is 0 Å². The van der Waals surface area contributed by atoms with Crippen molar-refractivity contribution in [1.82, 2.24) is 19.9 Å². The van der Waals surface area contributed by atoms with Crippen molar-refractivity contribution in [3.8, 4) is 0 Å². The van der Waals surface area contributed by atoms with Gasteiger partial charge in [0.2, 0.25) is 5.91 Å². The fourth-order valence-corrected chi connectivity index (χ4v) is 1.72. The van der Waals surface area contributed by atoms with Gasteiger partial charge in [0.05, 0.1) is 12.8 Å². The summed E-state index contributed by atoms with van der Waals surface area (Å²) in [7, 11) is 4.77. The lowest BCUT2D eigenvalue weighted by Crippen LogP contribution is -2.21. The SMILES string of the molecule is CCc1c(C(=O)OC)nnn1CCCC(=O)N(C)C. The van der Waals surface area contributed by atoms with Crippen molar-refractivity contribution in [2.75, 3.05) is 21.2 Å². The Hall–Kier alpha value is -1.92. The zero-order chi connectivity index (χ0) is 14.4. The molecule has 0 N–H and O–H groups in total. The van der Waals surface area contributed by atoms with E-state index in [0.29, 0.717) is 25.8 Å². The molecule has 0 atom stereocenters. The maximum Gasteiger partial charge on any atom is 0.360 e. The largest absolute Gasteiger partial charge is 0.464 e. The van der Waals surface area contributed by atoms with Crippen LogP contribution in [0.5, 0.6) is 0 Å². The van der Waals surface area contributed by atoms with Gasteiger partial charge in [-0.2, -0.15) is 0 Å². The van der Waals surface area contributed by atoms with E-state index in [1.54, 1.807) is 23.7 Å². The van der Waals surface area contributed by atoms with Gasteiger partial charge in [0.1, 0.15) is 0 Å². The molecule has 0 saturated carbocycles. The first-order valence-corrected chi connectivity index (χ1v) is 6.22. The number of methoxy groups -OCH3 is 1. The molecule has 0 fully saturated rings. The van der Waals surface area contributed by atoms with Gasteiger partial charge in [0.15, 0.2) is 5.69 Å². The van der Waals surface area contributed by atoms with Gasteiger partial charge in [-0.05, 0) is 12.8 Å². The quantitative estimate of drug-likeness (QED) is 0.702. The van der Waals surface area contributed by atoms with E-state index in [9.17, 15) is 9.59 Å². The van der Waals surface area contributed by atoms with Crippen LogP contribution >= 0.6 is 0 Å². The zero-order valence-corrected chi connectivity index (χ0v) is 11.8. The molecule has 0 saturated heterocycles. The van der Waals surface area contributed by atoms with E-state index in [-0.39, 0.29) is 11.6 Å². The molecule has 0 aliphatic rings. The number of ether oxygens (including phenoxy) is 1. The highest BCUT2D eigenvalue weighted by Crippen LogP contribution is 2.09. The van der Waals surface area contributed by atoms with Crippen molar-refractivity contribution in [1.29, 1.82) is 0 Å². The molecule has 0 radical (unpaired) electrons. The fraction of sp³-hybridized carbons (Fsp3) is 0.667. The van der Waals surface area contributed by atoms with Crippen LogP contribution < -0.4 is 0 Å². The Morgan fingerprint density at radius 3 is 2.58 bits per heavy atom. The molecule has 7 nitrogen and oxygen atoms in total. The van der Waals surface area contributed by atoms with Gasteiger partial charge in [-0.3, -0.25) is 4.79 Å². The first-order valence-electron chi connectivity index (χ1n) is 6.22. The van der Waals surface area contributed by atoms with E-state index in [1.165, 1.54) is 7.11 Å². The third-order valence-electron chi connectivity index (χ3n) is 2.81. The predicted molar refractivity (Wildman–Crippen MR) is 68.7 cm³/mol. The van der Waals surface area contributed by atoms with E-state index < -0.39 is 5.97 Å². The van der Waals surface area contributed by atoms with Gasteiger partial charge < -0.3 is 9.64 Å². The van der Waals surface area contributed by atoms with Crippen LogP contribution in [0.1, 0.15) is 35.9 Å². The van der Waals surface area contributed by atoms with E-state index in [1.807, 2.05) is 6.92 Å². The molecule has 0 bridgehead atoms. The normalized spacial score (nSPS) is 10.3. The molecule has 1 heterocycles. The predicted octanol–water partition coefficient (Wildman–Crippen LogP) is 0.495. The number of esters is 1. The lowest BCUT2D eigenvalue weighted by molar-refractivity contribution is -0.128. The van der Waals surface area contributed by atoms with Gasteiger partial charge in [-0.25, -0.2) is 9.48 Å². The van der Waals surface area contributed by atoms with Gasteiger partial charge in [-0.1, -0.05) is 12.1 Å². The van der Waals surface area contributed by atoms with Crippen LogP contribution in [0.15, 0.2) is 0 Å². The summed E-state index contributed by atoms with van der Waals surface area (Å²) < 4.78 is 6.31. The minimum Gasteiger partial charge on any atom is -0.464 e. The summed E-state index contributed by atoms with van der Waals surface area (Å²) in [6.45, 7) is 2.49. The molecule has 0 aliphatic heterocycles. The van der Waals surface area contributed by atoms with Crippen LogP contribution in [0.4, 0.5) is 0 Å². The molecule has 1 rings (SSSR count). The summed E-state index contributed by atoms with van der Waals surface area (Å²) in [5.41, 5.74) is 0.994. The second kappa shape index (κ2) is 6.86. The molecule has 0 aliphatic carbocycles. The number of rotatable bonds is 6. The van der Waals surface area contributed by atoms with Crippen molar-refractivity contribution in [3.05, 3.63) is 11.4 Å². The number of aryl methyl sites for hydroxylation is 1. The van der Waals surface area contributed by atoms with Crippen LogP contribution in [-0.4, -0.2) is 53.0 Å². The number of carbonyl (C=O) groups is 2. The highest BCUT2D eigenvalue weighted by Gasteiger charge is 2.18. The maximum atomic E-state index is 11.5. The number of hydrogen-bond donors (Lipinski definition) is 0.